The van der Waals surface area contributed by atoms with Crippen LogP contribution in [0.1, 0.15) is 50.2 Å². The zero-order valence-electron chi connectivity index (χ0n) is 27.9. The monoisotopic (exact) mass is 652 g/mol. The Bertz CT molecular complexity index is 1360. The van der Waals surface area contributed by atoms with E-state index in [0.29, 0.717) is 26.2 Å². The van der Waals surface area contributed by atoms with Crippen molar-refractivity contribution in [2.45, 2.75) is 63.8 Å². The third-order valence-electron chi connectivity index (χ3n) is 9.44. The van der Waals surface area contributed by atoms with Gasteiger partial charge in [-0.15, -0.1) is 0 Å². The number of morpholine rings is 1. The number of amides is 1. The van der Waals surface area contributed by atoms with Gasteiger partial charge in [-0.2, -0.15) is 4.37 Å². The number of ether oxygens (including phenoxy) is 4. The summed E-state index contributed by atoms with van der Waals surface area (Å²) in [5.41, 5.74) is 2.53. The van der Waals surface area contributed by atoms with Gasteiger partial charge in [-0.3, -0.25) is 4.79 Å². The number of methoxy groups -OCH3 is 2. The lowest BCUT2D eigenvalue weighted by atomic mass is 9.89. The van der Waals surface area contributed by atoms with E-state index >= 15 is 0 Å². The molecular weight excluding hydrogens is 600 g/mol. The van der Waals surface area contributed by atoms with Crippen molar-refractivity contribution in [3.05, 3.63) is 59.7 Å². The Labute approximate surface area is 278 Å². The van der Waals surface area contributed by atoms with Crippen molar-refractivity contribution in [2.24, 2.45) is 5.92 Å². The molecule has 2 saturated heterocycles. The van der Waals surface area contributed by atoms with Crippen molar-refractivity contribution < 1.29 is 23.7 Å². The van der Waals surface area contributed by atoms with Gasteiger partial charge in [0.15, 0.2) is 6.29 Å². The smallest absolute Gasteiger partial charge is 0.225 e. The molecule has 1 N–H and O–H groups in total. The molecule has 0 saturated carbocycles. The number of rotatable bonds is 17. The SMILES string of the molecule is CCCCNC(=O)C(COCCc1cccc(CCN2CCC3(CC2)CN(c2nsc4ccccc24)CCO3)c1)CC(OC)OC. The Morgan fingerprint density at radius 3 is 2.63 bits per heavy atom. The van der Waals surface area contributed by atoms with Crippen molar-refractivity contribution in [3.63, 3.8) is 0 Å². The minimum absolute atomic E-state index is 0.00125. The lowest BCUT2D eigenvalue weighted by molar-refractivity contribution is -0.140. The topological polar surface area (TPSA) is 85.4 Å². The molecule has 1 amide bonds. The molecule has 3 heterocycles. The fourth-order valence-corrected chi connectivity index (χ4v) is 7.36. The van der Waals surface area contributed by atoms with Gasteiger partial charge in [0, 0.05) is 65.3 Å². The molecule has 1 unspecified atom stereocenters. The summed E-state index contributed by atoms with van der Waals surface area (Å²) in [5, 5.41) is 4.29. The largest absolute Gasteiger partial charge is 0.380 e. The summed E-state index contributed by atoms with van der Waals surface area (Å²) in [6.07, 6.45) is 5.97. The summed E-state index contributed by atoms with van der Waals surface area (Å²) in [7, 11) is 3.19. The Hall–Kier alpha value is -2.60. The highest BCUT2D eigenvalue weighted by atomic mass is 32.1. The van der Waals surface area contributed by atoms with E-state index in [2.05, 4.69) is 70.6 Å². The van der Waals surface area contributed by atoms with Crippen LogP contribution in [0.3, 0.4) is 0 Å². The van der Waals surface area contributed by atoms with E-state index < -0.39 is 6.29 Å². The second kappa shape index (κ2) is 17.5. The van der Waals surface area contributed by atoms with Crippen LogP contribution >= 0.6 is 11.5 Å². The van der Waals surface area contributed by atoms with E-state index in [1.54, 1.807) is 25.8 Å². The van der Waals surface area contributed by atoms with Crippen molar-refractivity contribution in [3.8, 4) is 0 Å². The number of likely N-dealkylation sites (tertiary alicyclic amines) is 1. The first-order valence-electron chi connectivity index (χ1n) is 17.0. The van der Waals surface area contributed by atoms with Gasteiger partial charge < -0.3 is 34.1 Å². The van der Waals surface area contributed by atoms with E-state index in [0.717, 1.165) is 83.7 Å². The molecule has 2 fully saturated rings. The Kier molecular flexibility index (Phi) is 13.2. The second-order valence-corrected chi connectivity index (χ2v) is 13.5. The Balaban J connectivity index is 1.05. The number of anilines is 1. The molecule has 0 radical (unpaired) electrons. The maximum absolute atomic E-state index is 12.8. The molecule has 2 aliphatic rings. The van der Waals surface area contributed by atoms with Crippen LogP contribution < -0.4 is 10.2 Å². The van der Waals surface area contributed by atoms with E-state index in [1.807, 2.05) is 0 Å². The van der Waals surface area contributed by atoms with Crippen LogP contribution in [0, 0.1) is 5.92 Å². The van der Waals surface area contributed by atoms with Crippen LogP contribution in [-0.2, 0) is 36.6 Å². The summed E-state index contributed by atoms with van der Waals surface area (Å²) >= 11 is 1.59. The number of hydrogen-bond acceptors (Lipinski definition) is 9. The standard InChI is InChI=1S/C36H52N4O5S/c1-4-5-17-37-35(41)30(25-33(42-2)43-3)26-44-22-14-29-10-8-9-28(24-29)13-18-39-19-15-36(16-20-39)27-40(21-23-45-36)34-31-11-6-7-12-32(31)46-38-34/h6-12,24,30,33H,4-5,13-23,25-27H2,1-3H3,(H,37,41). The summed E-state index contributed by atoms with van der Waals surface area (Å²) in [6.45, 7) is 9.44. The molecule has 3 aromatic rings. The number of carbonyl (C=O) groups is 1. The van der Waals surface area contributed by atoms with Gasteiger partial charge in [-0.25, -0.2) is 0 Å². The molecular formula is C36H52N4O5S. The van der Waals surface area contributed by atoms with E-state index in [4.69, 9.17) is 23.3 Å². The molecule has 10 heteroatoms. The van der Waals surface area contributed by atoms with Gasteiger partial charge in [0.05, 0.1) is 36.0 Å². The molecule has 252 valence electrons. The Morgan fingerprint density at radius 2 is 1.85 bits per heavy atom. The number of benzene rings is 2. The van der Waals surface area contributed by atoms with Gasteiger partial charge in [0.1, 0.15) is 5.82 Å². The highest BCUT2D eigenvalue weighted by Gasteiger charge is 2.40. The molecule has 2 aliphatic heterocycles. The first kappa shape index (κ1) is 34.7. The number of piperidine rings is 1. The van der Waals surface area contributed by atoms with Crippen LogP contribution in [-0.4, -0.2) is 100 Å². The summed E-state index contributed by atoms with van der Waals surface area (Å²) in [6, 6.07) is 17.4. The summed E-state index contributed by atoms with van der Waals surface area (Å²) in [5.74, 6) is 0.805. The molecule has 2 aromatic carbocycles. The van der Waals surface area contributed by atoms with Gasteiger partial charge >= 0.3 is 0 Å². The third kappa shape index (κ3) is 9.49. The van der Waals surface area contributed by atoms with E-state index in [1.165, 1.54) is 21.2 Å². The first-order chi connectivity index (χ1) is 22.5. The fraction of sp³-hybridized carbons (Fsp3) is 0.611. The highest BCUT2D eigenvalue weighted by molar-refractivity contribution is 7.13. The van der Waals surface area contributed by atoms with E-state index in [-0.39, 0.29) is 17.4 Å². The molecule has 46 heavy (non-hydrogen) atoms. The number of carbonyl (C=O) groups excluding carboxylic acids is 1. The molecule has 9 nitrogen and oxygen atoms in total. The van der Waals surface area contributed by atoms with Gasteiger partial charge in [-0.1, -0.05) is 49.7 Å². The minimum atomic E-state index is -0.429. The first-order valence-corrected chi connectivity index (χ1v) is 17.7. The number of unbranched alkanes of at least 4 members (excludes halogenated alkanes) is 1. The lowest BCUT2D eigenvalue weighted by Crippen LogP contribution is -2.57. The predicted octanol–water partition coefficient (Wildman–Crippen LogP) is 5.31. The van der Waals surface area contributed by atoms with Crippen molar-refractivity contribution in [1.29, 1.82) is 0 Å². The van der Waals surface area contributed by atoms with Crippen molar-refractivity contribution >= 4 is 33.3 Å². The zero-order valence-corrected chi connectivity index (χ0v) is 28.7. The number of hydrogen-bond donors (Lipinski definition) is 1. The molecule has 5 rings (SSSR count). The van der Waals surface area contributed by atoms with E-state index in [9.17, 15) is 4.79 Å². The van der Waals surface area contributed by atoms with Gasteiger partial charge in [0.25, 0.3) is 0 Å². The lowest BCUT2D eigenvalue weighted by Gasteiger charge is -2.47. The highest BCUT2D eigenvalue weighted by Crippen LogP contribution is 2.35. The molecule has 1 atom stereocenters. The van der Waals surface area contributed by atoms with Crippen LogP contribution in [0.15, 0.2) is 48.5 Å². The zero-order chi connectivity index (χ0) is 32.2. The second-order valence-electron chi connectivity index (χ2n) is 12.7. The maximum Gasteiger partial charge on any atom is 0.225 e. The maximum atomic E-state index is 12.8. The van der Waals surface area contributed by atoms with Crippen LogP contribution in [0.5, 0.6) is 0 Å². The number of nitrogens with zero attached hydrogens (tertiary/aromatic N) is 3. The van der Waals surface area contributed by atoms with Crippen LogP contribution in [0.4, 0.5) is 5.82 Å². The minimum Gasteiger partial charge on any atom is -0.380 e. The summed E-state index contributed by atoms with van der Waals surface area (Å²) in [4.78, 5) is 17.8. The number of nitrogens with one attached hydrogen (secondary N) is 1. The van der Waals surface area contributed by atoms with Gasteiger partial charge in [-0.05, 0) is 66.9 Å². The summed E-state index contributed by atoms with van der Waals surface area (Å²) < 4.78 is 29.2. The van der Waals surface area contributed by atoms with Crippen LogP contribution in [0.25, 0.3) is 10.1 Å². The number of fused-ring (bicyclic) bond motifs is 1. The third-order valence-corrected chi connectivity index (χ3v) is 10.3. The quantitative estimate of drug-likeness (QED) is 0.155. The average Bonchev–Trinajstić information content (AvgIpc) is 3.53. The number of aromatic nitrogens is 1. The average molecular weight is 653 g/mol. The molecule has 0 bridgehead atoms. The van der Waals surface area contributed by atoms with Crippen molar-refractivity contribution in [1.82, 2.24) is 14.6 Å². The predicted molar refractivity (Wildman–Crippen MR) is 185 cm³/mol. The normalized spacial score (nSPS) is 17.6. The molecule has 0 aliphatic carbocycles. The van der Waals surface area contributed by atoms with Gasteiger partial charge in [0.2, 0.25) is 5.91 Å². The fourth-order valence-electron chi connectivity index (χ4n) is 6.56. The Morgan fingerprint density at radius 1 is 1.07 bits per heavy atom. The molecule has 1 spiro atoms. The molecule has 1 aromatic heterocycles. The van der Waals surface area contributed by atoms with Crippen molar-refractivity contribution in [2.75, 3.05) is 78.2 Å². The van der Waals surface area contributed by atoms with Crippen LogP contribution in [0.2, 0.25) is 0 Å².